The molecule has 1 fully saturated rings. The minimum Gasteiger partial charge on any atom is -0.490 e. The molecule has 0 radical (unpaired) electrons. The zero-order chi connectivity index (χ0) is 19.4. The number of sulfonamides is 1. The number of benzene rings is 2. The molecular formula is C18H20N4O5S. The van der Waals surface area contributed by atoms with Crippen LogP contribution in [0.25, 0.3) is 11.0 Å². The number of fused-ring (bicyclic) bond motifs is 1. The predicted octanol–water partition coefficient (Wildman–Crippen LogP) is 0.960. The van der Waals surface area contributed by atoms with Gasteiger partial charge in [0.05, 0.1) is 18.1 Å². The first kappa shape index (κ1) is 18.7. The van der Waals surface area contributed by atoms with Crippen molar-refractivity contribution in [3.05, 3.63) is 48.5 Å². The molecule has 1 aliphatic rings. The molecule has 0 N–H and O–H groups in total. The van der Waals surface area contributed by atoms with E-state index < -0.39 is 10.0 Å². The van der Waals surface area contributed by atoms with Gasteiger partial charge in [0.15, 0.2) is 6.61 Å². The summed E-state index contributed by atoms with van der Waals surface area (Å²) in [4.78, 5) is 6.98. The van der Waals surface area contributed by atoms with Crippen LogP contribution in [0.1, 0.15) is 0 Å². The molecule has 1 aromatic heterocycles. The van der Waals surface area contributed by atoms with Gasteiger partial charge in [-0.2, -0.15) is 4.31 Å². The normalized spacial score (nSPS) is 15.6. The Hall–Kier alpha value is -2.69. The molecule has 0 saturated carbocycles. The van der Waals surface area contributed by atoms with Crippen LogP contribution in [0.5, 0.6) is 5.75 Å². The van der Waals surface area contributed by atoms with Gasteiger partial charge in [0.25, 0.3) is 0 Å². The summed E-state index contributed by atoms with van der Waals surface area (Å²) in [5, 5.41) is 7.95. The number of rotatable bonds is 7. The second-order valence-electron chi connectivity index (χ2n) is 6.12. The second kappa shape index (κ2) is 8.13. The first-order valence-electron chi connectivity index (χ1n) is 8.89. The third-order valence-electron chi connectivity index (χ3n) is 4.30. The van der Waals surface area contributed by atoms with Crippen molar-refractivity contribution in [3.63, 3.8) is 0 Å². The van der Waals surface area contributed by atoms with Crippen LogP contribution in [0.15, 0.2) is 53.4 Å². The molecule has 10 heteroatoms. The number of para-hydroxylation sites is 1. The Morgan fingerprint density at radius 2 is 1.82 bits per heavy atom. The zero-order valence-electron chi connectivity index (χ0n) is 15.1. The molecular weight excluding hydrogens is 384 g/mol. The van der Waals surface area contributed by atoms with Gasteiger partial charge in [-0.1, -0.05) is 23.0 Å². The van der Waals surface area contributed by atoms with Gasteiger partial charge in [-0.15, -0.1) is 5.10 Å². The van der Waals surface area contributed by atoms with E-state index in [1.165, 1.54) is 21.3 Å². The van der Waals surface area contributed by atoms with E-state index in [4.69, 9.17) is 14.3 Å². The van der Waals surface area contributed by atoms with Crippen molar-refractivity contribution in [2.75, 3.05) is 39.5 Å². The number of aromatic nitrogens is 3. The minimum atomic E-state index is -3.61. The van der Waals surface area contributed by atoms with Gasteiger partial charge in [0, 0.05) is 13.1 Å². The SMILES string of the molecule is O=S(=O)(c1ccc2nnn(OCCOc3ccccc3)c2c1)N1CCOCC1. The van der Waals surface area contributed by atoms with Gasteiger partial charge in [0.2, 0.25) is 10.0 Å². The first-order valence-corrected chi connectivity index (χ1v) is 10.3. The highest BCUT2D eigenvalue weighted by Gasteiger charge is 2.27. The largest absolute Gasteiger partial charge is 0.490 e. The number of hydrogen-bond acceptors (Lipinski definition) is 7. The summed E-state index contributed by atoms with van der Waals surface area (Å²) >= 11 is 0. The van der Waals surface area contributed by atoms with Gasteiger partial charge in [-0.3, -0.25) is 0 Å². The second-order valence-corrected chi connectivity index (χ2v) is 8.06. The van der Waals surface area contributed by atoms with E-state index in [2.05, 4.69) is 10.3 Å². The van der Waals surface area contributed by atoms with Gasteiger partial charge in [-0.05, 0) is 35.5 Å². The molecule has 2 heterocycles. The molecule has 1 aliphatic heterocycles. The lowest BCUT2D eigenvalue weighted by molar-refractivity contribution is 0.0639. The van der Waals surface area contributed by atoms with E-state index in [-0.39, 0.29) is 11.5 Å². The van der Waals surface area contributed by atoms with Crippen LogP contribution in [0, 0.1) is 0 Å². The Labute approximate surface area is 162 Å². The van der Waals surface area contributed by atoms with E-state index in [0.29, 0.717) is 43.9 Å². The summed E-state index contributed by atoms with van der Waals surface area (Å²) < 4.78 is 37.9. The summed E-state index contributed by atoms with van der Waals surface area (Å²) in [6.07, 6.45) is 0. The maximum absolute atomic E-state index is 12.8. The van der Waals surface area contributed by atoms with Crippen molar-refractivity contribution < 1.29 is 22.7 Å². The Morgan fingerprint density at radius 3 is 2.61 bits per heavy atom. The lowest BCUT2D eigenvalue weighted by atomic mass is 10.3. The lowest BCUT2D eigenvalue weighted by Gasteiger charge is -2.26. The van der Waals surface area contributed by atoms with E-state index in [1.54, 1.807) is 6.07 Å². The molecule has 1 saturated heterocycles. The molecule has 3 aromatic rings. The fourth-order valence-corrected chi connectivity index (χ4v) is 4.30. The van der Waals surface area contributed by atoms with Crippen molar-refractivity contribution in [2.45, 2.75) is 4.90 Å². The number of nitrogens with zero attached hydrogens (tertiary/aromatic N) is 4. The van der Waals surface area contributed by atoms with E-state index in [0.717, 1.165) is 5.75 Å². The van der Waals surface area contributed by atoms with Crippen molar-refractivity contribution in [3.8, 4) is 5.75 Å². The van der Waals surface area contributed by atoms with Crippen molar-refractivity contribution in [1.82, 2.24) is 19.5 Å². The third-order valence-corrected chi connectivity index (χ3v) is 6.20. The van der Waals surface area contributed by atoms with Crippen LogP contribution in [-0.2, 0) is 14.8 Å². The van der Waals surface area contributed by atoms with Crippen molar-refractivity contribution in [2.24, 2.45) is 0 Å². The number of ether oxygens (including phenoxy) is 2. The van der Waals surface area contributed by atoms with Crippen LogP contribution in [0.3, 0.4) is 0 Å². The molecule has 4 rings (SSSR count). The Balaban J connectivity index is 1.47. The molecule has 2 aromatic carbocycles. The summed E-state index contributed by atoms with van der Waals surface area (Å²) in [7, 11) is -3.61. The topological polar surface area (TPSA) is 95.8 Å². The fourth-order valence-electron chi connectivity index (χ4n) is 2.87. The monoisotopic (exact) mass is 404 g/mol. The highest BCUT2D eigenvalue weighted by Crippen LogP contribution is 2.21. The quantitative estimate of drug-likeness (QED) is 0.541. The van der Waals surface area contributed by atoms with E-state index in [1.807, 2.05) is 30.3 Å². The summed E-state index contributed by atoms with van der Waals surface area (Å²) in [5.41, 5.74) is 1.03. The van der Waals surface area contributed by atoms with Gasteiger partial charge in [0.1, 0.15) is 23.4 Å². The van der Waals surface area contributed by atoms with Crippen LogP contribution in [0.4, 0.5) is 0 Å². The summed E-state index contributed by atoms with van der Waals surface area (Å²) in [6.45, 7) is 2.01. The molecule has 0 bridgehead atoms. The van der Waals surface area contributed by atoms with Crippen LogP contribution in [-0.4, -0.2) is 67.4 Å². The standard InChI is InChI=1S/C18H20N4O5S/c23-28(24,21-8-10-25-11-9-21)16-6-7-17-18(14-16)22(20-19-17)27-13-12-26-15-4-2-1-3-5-15/h1-7,14H,8-13H2. The average molecular weight is 404 g/mol. The maximum Gasteiger partial charge on any atom is 0.243 e. The van der Waals surface area contributed by atoms with E-state index >= 15 is 0 Å². The molecule has 0 aliphatic carbocycles. The van der Waals surface area contributed by atoms with Crippen molar-refractivity contribution in [1.29, 1.82) is 0 Å². The first-order chi connectivity index (χ1) is 13.6. The molecule has 0 spiro atoms. The molecule has 0 atom stereocenters. The van der Waals surface area contributed by atoms with Crippen LogP contribution < -0.4 is 9.57 Å². The Kier molecular flexibility index (Phi) is 5.42. The lowest BCUT2D eigenvalue weighted by Crippen LogP contribution is -2.40. The van der Waals surface area contributed by atoms with Gasteiger partial charge >= 0.3 is 0 Å². The molecule has 28 heavy (non-hydrogen) atoms. The highest BCUT2D eigenvalue weighted by atomic mass is 32.2. The Bertz CT molecular complexity index is 1030. The molecule has 0 unspecified atom stereocenters. The molecule has 0 amide bonds. The Morgan fingerprint density at radius 1 is 1.04 bits per heavy atom. The molecule has 148 valence electrons. The highest BCUT2D eigenvalue weighted by molar-refractivity contribution is 7.89. The molecule has 9 nitrogen and oxygen atoms in total. The third kappa shape index (κ3) is 3.93. The summed E-state index contributed by atoms with van der Waals surface area (Å²) in [5.74, 6) is 0.744. The van der Waals surface area contributed by atoms with Crippen LogP contribution >= 0.6 is 0 Å². The fraction of sp³-hybridized carbons (Fsp3) is 0.333. The predicted molar refractivity (Wildman–Crippen MR) is 100 cm³/mol. The van der Waals surface area contributed by atoms with Gasteiger partial charge < -0.3 is 14.3 Å². The zero-order valence-corrected chi connectivity index (χ0v) is 15.9. The van der Waals surface area contributed by atoms with Gasteiger partial charge in [-0.25, -0.2) is 8.42 Å². The van der Waals surface area contributed by atoms with E-state index in [9.17, 15) is 8.42 Å². The number of hydrogen-bond donors (Lipinski definition) is 0. The minimum absolute atomic E-state index is 0.176. The smallest absolute Gasteiger partial charge is 0.243 e. The average Bonchev–Trinajstić information content (AvgIpc) is 3.15. The van der Waals surface area contributed by atoms with Crippen molar-refractivity contribution >= 4 is 21.1 Å². The maximum atomic E-state index is 12.8. The number of morpholine rings is 1. The summed E-state index contributed by atoms with van der Waals surface area (Å²) in [6, 6.07) is 14.1. The van der Waals surface area contributed by atoms with Crippen LogP contribution in [0.2, 0.25) is 0 Å².